The summed E-state index contributed by atoms with van der Waals surface area (Å²) < 4.78 is 10.7. The Balaban J connectivity index is 2.13. The van der Waals surface area contributed by atoms with Gasteiger partial charge in [-0.05, 0) is 28.8 Å². The first-order chi connectivity index (χ1) is 10.2. The number of nitrogens with one attached hydrogen (secondary N) is 1. The Labute approximate surface area is 123 Å². The van der Waals surface area contributed by atoms with E-state index in [2.05, 4.69) is 5.32 Å². The number of benzene rings is 2. The summed E-state index contributed by atoms with van der Waals surface area (Å²) in [6.45, 7) is 0. The van der Waals surface area contributed by atoms with E-state index in [-0.39, 0.29) is 11.9 Å². The fraction of sp³-hybridized carbons (Fsp3) is 0.235. The SMILES string of the molecule is COc1cc2c(cc1OC)[C@@H](c1ccccc1)NC(=O)C2. The lowest BCUT2D eigenvalue weighted by Crippen LogP contribution is -2.35. The van der Waals surface area contributed by atoms with Crippen LogP contribution in [0.5, 0.6) is 11.5 Å². The molecule has 2 aromatic carbocycles. The van der Waals surface area contributed by atoms with E-state index < -0.39 is 0 Å². The highest BCUT2D eigenvalue weighted by molar-refractivity contribution is 5.82. The molecule has 1 aliphatic heterocycles. The van der Waals surface area contributed by atoms with E-state index in [0.717, 1.165) is 16.7 Å². The monoisotopic (exact) mass is 283 g/mol. The van der Waals surface area contributed by atoms with E-state index in [0.29, 0.717) is 17.9 Å². The van der Waals surface area contributed by atoms with Gasteiger partial charge in [0.2, 0.25) is 5.91 Å². The first-order valence-corrected chi connectivity index (χ1v) is 6.82. The van der Waals surface area contributed by atoms with Gasteiger partial charge >= 0.3 is 0 Å². The molecule has 4 heteroatoms. The van der Waals surface area contributed by atoms with Crippen LogP contribution >= 0.6 is 0 Å². The van der Waals surface area contributed by atoms with Crippen LogP contribution in [0, 0.1) is 0 Å². The number of carbonyl (C=O) groups is 1. The Morgan fingerprint density at radius 2 is 1.71 bits per heavy atom. The van der Waals surface area contributed by atoms with E-state index in [1.165, 1.54) is 0 Å². The van der Waals surface area contributed by atoms with Gasteiger partial charge in [-0.25, -0.2) is 0 Å². The number of rotatable bonds is 3. The van der Waals surface area contributed by atoms with Gasteiger partial charge in [0, 0.05) is 0 Å². The normalized spacial score (nSPS) is 16.9. The van der Waals surface area contributed by atoms with Crippen LogP contribution in [-0.4, -0.2) is 20.1 Å². The Morgan fingerprint density at radius 1 is 1.05 bits per heavy atom. The van der Waals surface area contributed by atoms with E-state index in [9.17, 15) is 4.79 Å². The maximum atomic E-state index is 12.0. The first-order valence-electron chi connectivity index (χ1n) is 6.82. The van der Waals surface area contributed by atoms with Crippen LogP contribution in [0.3, 0.4) is 0 Å². The van der Waals surface area contributed by atoms with Crippen molar-refractivity contribution in [2.75, 3.05) is 14.2 Å². The molecule has 0 saturated carbocycles. The van der Waals surface area contributed by atoms with Gasteiger partial charge in [-0.3, -0.25) is 4.79 Å². The van der Waals surface area contributed by atoms with Gasteiger partial charge in [0.15, 0.2) is 11.5 Å². The zero-order valence-electron chi connectivity index (χ0n) is 12.1. The second-order valence-corrected chi connectivity index (χ2v) is 4.99. The van der Waals surface area contributed by atoms with Crippen LogP contribution < -0.4 is 14.8 Å². The number of amides is 1. The highest BCUT2D eigenvalue weighted by Crippen LogP contribution is 2.37. The lowest BCUT2D eigenvalue weighted by Gasteiger charge is -2.28. The van der Waals surface area contributed by atoms with E-state index in [4.69, 9.17) is 9.47 Å². The second-order valence-electron chi connectivity index (χ2n) is 4.99. The Morgan fingerprint density at radius 3 is 2.38 bits per heavy atom. The third kappa shape index (κ3) is 2.44. The Hall–Kier alpha value is -2.49. The topological polar surface area (TPSA) is 47.6 Å². The van der Waals surface area contributed by atoms with Gasteiger partial charge in [0.1, 0.15) is 0 Å². The van der Waals surface area contributed by atoms with Crippen molar-refractivity contribution in [3.63, 3.8) is 0 Å². The molecule has 1 atom stereocenters. The molecule has 108 valence electrons. The molecule has 0 radical (unpaired) electrons. The predicted molar refractivity (Wildman–Crippen MR) is 79.7 cm³/mol. The van der Waals surface area contributed by atoms with Crippen LogP contribution in [0.4, 0.5) is 0 Å². The van der Waals surface area contributed by atoms with Crippen molar-refractivity contribution in [1.82, 2.24) is 5.32 Å². The van der Waals surface area contributed by atoms with Crippen LogP contribution in [-0.2, 0) is 11.2 Å². The molecule has 3 rings (SSSR count). The zero-order chi connectivity index (χ0) is 14.8. The summed E-state index contributed by atoms with van der Waals surface area (Å²) in [5, 5.41) is 3.04. The van der Waals surface area contributed by atoms with Gasteiger partial charge in [0.25, 0.3) is 0 Å². The molecule has 2 aromatic rings. The van der Waals surface area contributed by atoms with Crippen LogP contribution in [0.2, 0.25) is 0 Å². The summed E-state index contributed by atoms with van der Waals surface area (Å²) >= 11 is 0. The van der Waals surface area contributed by atoms with Crippen molar-refractivity contribution in [1.29, 1.82) is 0 Å². The molecule has 1 heterocycles. The average Bonchev–Trinajstić information content (AvgIpc) is 2.53. The number of ether oxygens (including phenoxy) is 2. The fourth-order valence-corrected chi connectivity index (χ4v) is 2.73. The largest absolute Gasteiger partial charge is 0.493 e. The average molecular weight is 283 g/mol. The first kappa shape index (κ1) is 13.5. The van der Waals surface area contributed by atoms with Crippen molar-refractivity contribution in [2.24, 2.45) is 0 Å². The molecular formula is C17H17NO3. The molecule has 4 nitrogen and oxygen atoms in total. The summed E-state index contributed by atoms with van der Waals surface area (Å²) in [5.74, 6) is 1.34. The predicted octanol–water partition coefficient (Wildman–Crippen LogP) is 2.47. The second kappa shape index (κ2) is 5.48. The van der Waals surface area contributed by atoms with Crippen molar-refractivity contribution in [3.05, 3.63) is 59.2 Å². The highest BCUT2D eigenvalue weighted by atomic mass is 16.5. The molecule has 0 aromatic heterocycles. The molecule has 0 saturated heterocycles. The fourth-order valence-electron chi connectivity index (χ4n) is 2.73. The minimum Gasteiger partial charge on any atom is -0.493 e. The number of hydrogen-bond acceptors (Lipinski definition) is 3. The maximum Gasteiger partial charge on any atom is 0.225 e. The smallest absolute Gasteiger partial charge is 0.225 e. The molecule has 21 heavy (non-hydrogen) atoms. The van der Waals surface area contributed by atoms with Crippen LogP contribution in [0.1, 0.15) is 22.7 Å². The number of fused-ring (bicyclic) bond motifs is 1. The quantitative estimate of drug-likeness (QED) is 0.941. The number of carbonyl (C=O) groups excluding carboxylic acids is 1. The summed E-state index contributed by atoms with van der Waals surface area (Å²) in [6, 6.07) is 13.6. The molecule has 0 bridgehead atoms. The number of hydrogen-bond donors (Lipinski definition) is 1. The van der Waals surface area contributed by atoms with Crippen molar-refractivity contribution >= 4 is 5.91 Å². The molecule has 1 N–H and O–H groups in total. The standard InChI is InChI=1S/C17H17NO3/c1-20-14-8-12-9-16(19)18-17(11-6-4-3-5-7-11)13(12)10-15(14)21-2/h3-8,10,17H,9H2,1-2H3,(H,18,19)/t17-/m1/s1. The lowest BCUT2D eigenvalue weighted by atomic mass is 9.89. The molecule has 0 aliphatic carbocycles. The lowest BCUT2D eigenvalue weighted by molar-refractivity contribution is -0.121. The van der Waals surface area contributed by atoms with Gasteiger partial charge in [-0.1, -0.05) is 30.3 Å². The Kier molecular flexibility index (Phi) is 3.52. The minimum absolute atomic E-state index is 0.0172. The van der Waals surface area contributed by atoms with Gasteiger partial charge in [-0.2, -0.15) is 0 Å². The Bertz CT molecular complexity index is 667. The van der Waals surface area contributed by atoms with Crippen LogP contribution in [0.25, 0.3) is 0 Å². The summed E-state index contributed by atoms with van der Waals surface area (Å²) in [7, 11) is 3.21. The third-order valence-corrected chi connectivity index (χ3v) is 3.75. The number of methoxy groups -OCH3 is 2. The molecule has 0 fully saturated rings. The minimum atomic E-state index is -0.151. The van der Waals surface area contributed by atoms with Gasteiger partial charge in [0.05, 0.1) is 26.7 Å². The van der Waals surface area contributed by atoms with Crippen molar-refractivity contribution < 1.29 is 14.3 Å². The molecule has 1 aliphatic rings. The van der Waals surface area contributed by atoms with Gasteiger partial charge in [-0.15, -0.1) is 0 Å². The van der Waals surface area contributed by atoms with Crippen molar-refractivity contribution in [2.45, 2.75) is 12.5 Å². The van der Waals surface area contributed by atoms with E-state index >= 15 is 0 Å². The van der Waals surface area contributed by atoms with Gasteiger partial charge < -0.3 is 14.8 Å². The zero-order valence-corrected chi connectivity index (χ0v) is 12.1. The highest BCUT2D eigenvalue weighted by Gasteiger charge is 2.27. The third-order valence-electron chi connectivity index (χ3n) is 3.75. The summed E-state index contributed by atoms with van der Waals surface area (Å²) in [5.41, 5.74) is 3.09. The maximum absolute atomic E-state index is 12.0. The van der Waals surface area contributed by atoms with E-state index in [1.54, 1.807) is 14.2 Å². The van der Waals surface area contributed by atoms with E-state index in [1.807, 2.05) is 42.5 Å². The molecule has 1 amide bonds. The summed E-state index contributed by atoms with van der Waals surface area (Å²) in [6.07, 6.45) is 0.360. The molecule has 0 spiro atoms. The van der Waals surface area contributed by atoms with Crippen molar-refractivity contribution in [3.8, 4) is 11.5 Å². The molecular weight excluding hydrogens is 266 g/mol. The molecule has 0 unspecified atom stereocenters. The van der Waals surface area contributed by atoms with Crippen LogP contribution in [0.15, 0.2) is 42.5 Å². The summed E-state index contributed by atoms with van der Waals surface area (Å²) in [4.78, 5) is 12.0.